The molecule has 3 aromatic rings. The Labute approximate surface area is 184 Å². The predicted molar refractivity (Wildman–Crippen MR) is 116 cm³/mol. The Bertz CT molecular complexity index is 1120. The van der Waals surface area contributed by atoms with Crippen LogP contribution < -0.4 is 10.6 Å². The van der Waals surface area contributed by atoms with Gasteiger partial charge in [-0.05, 0) is 41.3 Å². The molecular formula is C24H22F2N4O2. The van der Waals surface area contributed by atoms with Crippen LogP contribution in [-0.4, -0.2) is 34.8 Å². The van der Waals surface area contributed by atoms with Crippen molar-refractivity contribution < 1.29 is 18.4 Å². The Morgan fingerprint density at radius 1 is 1.03 bits per heavy atom. The van der Waals surface area contributed by atoms with Gasteiger partial charge in [-0.2, -0.15) is 0 Å². The van der Waals surface area contributed by atoms with Gasteiger partial charge in [0.15, 0.2) is 0 Å². The lowest BCUT2D eigenvalue weighted by Crippen LogP contribution is -2.43. The standard InChI is InChI=1S/C24H22F2N4O2/c25-19-7-8-21(20(26)12-19)29-24(32)23(31)28-14-22(17-6-3-10-27-13-17)30-11-9-16-4-1-2-5-18(16)15-30/h1-8,10,12-13,22H,9,11,14-15H2,(H,28,31)(H,29,32)/t22-/m1/s1. The van der Waals surface area contributed by atoms with Gasteiger partial charge in [-0.3, -0.25) is 19.5 Å². The van der Waals surface area contributed by atoms with Crippen molar-refractivity contribution in [3.8, 4) is 0 Å². The Hall–Kier alpha value is -3.65. The molecule has 2 heterocycles. The van der Waals surface area contributed by atoms with E-state index in [1.807, 2.05) is 24.3 Å². The van der Waals surface area contributed by atoms with Crippen LogP contribution in [-0.2, 0) is 22.6 Å². The minimum atomic E-state index is -1.02. The third-order valence-corrected chi connectivity index (χ3v) is 5.51. The Kier molecular flexibility index (Phi) is 6.51. The number of hydrogen-bond donors (Lipinski definition) is 2. The maximum atomic E-state index is 13.8. The van der Waals surface area contributed by atoms with Gasteiger partial charge >= 0.3 is 11.8 Å². The third kappa shape index (κ3) is 4.97. The molecule has 8 heteroatoms. The molecule has 6 nitrogen and oxygen atoms in total. The number of carbonyl (C=O) groups excluding carboxylic acids is 2. The molecule has 2 aromatic carbocycles. The SMILES string of the molecule is O=C(NC[C@H](c1cccnc1)N1CCc2ccccc2C1)C(=O)Nc1ccc(F)cc1F. The Balaban J connectivity index is 1.45. The number of aromatic nitrogens is 1. The summed E-state index contributed by atoms with van der Waals surface area (Å²) in [6.07, 6.45) is 4.30. The van der Waals surface area contributed by atoms with Crippen LogP contribution in [0, 0.1) is 11.6 Å². The molecule has 4 rings (SSSR count). The van der Waals surface area contributed by atoms with Crippen molar-refractivity contribution >= 4 is 17.5 Å². The number of halogens is 2. The fourth-order valence-electron chi connectivity index (χ4n) is 3.85. The second kappa shape index (κ2) is 9.65. The van der Waals surface area contributed by atoms with Gasteiger partial charge in [0.25, 0.3) is 0 Å². The highest BCUT2D eigenvalue weighted by atomic mass is 19.1. The zero-order valence-corrected chi connectivity index (χ0v) is 17.2. The summed E-state index contributed by atoms with van der Waals surface area (Å²) >= 11 is 0. The highest BCUT2D eigenvalue weighted by Crippen LogP contribution is 2.27. The molecule has 0 unspecified atom stereocenters. The van der Waals surface area contributed by atoms with Gasteiger partial charge in [0.2, 0.25) is 0 Å². The number of carbonyl (C=O) groups is 2. The second-order valence-electron chi connectivity index (χ2n) is 7.58. The number of benzene rings is 2. The molecule has 1 atom stereocenters. The highest BCUT2D eigenvalue weighted by molar-refractivity contribution is 6.39. The molecule has 0 spiro atoms. The van der Waals surface area contributed by atoms with E-state index in [1.165, 1.54) is 11.1 Å². The van der Waals surface area contributed by atoms with E-state index >= 15 is 0 Å². The summed E-state index contributed by atoms with van der Waals surface area (Å²) in [6.45, 7) is 1.67. The van der Waals surface area contributed by atoms with Gasteiger partial charge in [-0.15, -0.1) is 0 Å². The molecule has 0 saturated heterocycles. The predicted octanol–water partition coefficient (Wildman–Crippen LogP) is 3.21. The monoisotopic (exact) mass is 436 g/mol. The van der Waals surface area contributed by atoms with E-state index in [-0.39, 0.29) is 18.3 Å². The molecule has 0 saturated carbocycles. The van der Waals surface area contributed by atoms with E-state index in [4.69, 9.17) is 0 Å². The van der Waals surface area contributed by atoms with Crippen molar-refractivity contribution in [3.63, 3.8) is 0 Å². The third-order valence-electron chi connectivity index (χ3n) is 5.51. The normalized spacial score (nSPS) is 14.3. The molecule has 0 aliphatic carbocycles. The van der Waals surface area contributed by atoms with Crippen LogP contribution in [0.3, 0.4) is 0 Å². The lowest BCUT2D eigenvalue weighted by molar-refractivity contribution is -0.136. The summed E-state index contributed by atoms with van der Waals surface area (Å²) in [5, 5.41) is 4.81. The summed E-state index contributed by atoms with van der Waals surface area (Å²) in [5.74, 6) is -3.65. The molecule has 0 radical (unpaired) electrons. The van der Waals surface area contributed by atoms with Gasteiger partial charge in [0.1, 0.15) is 11.6 Å². The summed E-state index contributed by atoms with van der Waals surface area (Å²) in [6, 6.07) is 14.5. The average Bonchev–Trinajstić information content (AvgIpc) is 2.81. The number of amides is 2. The van der Waals surface area contributed by atoms with E-state index in [2.05, 4.69) is 32.7 Å². The number of nitrogens with zero attached hydrogens (tertiary/aromatic N) is 2. The van der Waals surface area contributed by atoms with Crippen LogP contribution in [0.15, 0.2) is 67.0 Å². The Morgan fingerprint density at radius 3 is 2.59 bits per heavy atom. The number of anilines is 1. The van der Waals surface area contributed by atoms with Crippen molar-refractivity contribution in [3.05, 3.63) is 95.3 Å². The van der Waals surface area contributed by atoms with E-state index in [9.17, 15) is 18.4 Å². The smallest absolute Gasteiger partial charge is 0.313 e. The van der Waals surface area contributed by atoms with Crippen LogP contribution in [0.25, 0.3) is 0 Å². The molecule has 2 amide bonds. The van der Waals surface area contributed by atoms with Crippen molar-refractivity contribution in [2.45, 2.75) is 19.0 Å². The maximum Gasteiger partial charge on any atom is 0.313 e. The van der Waals surface area contributed by atoms with Gasteiger partial charge in [-0.25, -0.2) is 8.78 Å². The number of rotatable bonds is 5. The lowest BCUT2D eigenvalue weighted by atomic mass is 9.97. The quantitative estimate of drug-likeness (QED) is 0.603. The van der Waals surface area contributed by atoms with E-state index in [0.29, 0.717) is 12.6 Å². The lowest BCUT2D eigenvalue weighted by Gasteiger charge is -2.35. The van der Waals surface area contributed by atoms with Crippen molar-refractivity contribution in [2.24, 2.45) is 0 Å². The van der Waals surface area contributed by atoms with E-state index < -0.39 is 23.4 Å². The number of fused-ring (bicyclic) bond motifs is 1. The number of pyridine rings is 1. The summed E-state index contributed by atoms with van der Waals surface area (Å²) in [7, 11) is 0. The van der Waals surface area contributed by atoms with Crippen LogP contribution in [0.5, 0.6) is 0 Å². The largest absolute Gasteiger partial charge is 0.346 e. The fraction of sp³-hybridized carbons (Fsp3) is 0.208. The first-order valence-electron chi connectivity index (χ1n) is 10.3. The molecule has 0 bridgehead atoms. The first kappa shape index (κ1) is 21.6. The minimum absolute atomic E-state index is 0.173. The molecule has 164 valence electrons. The Morgan fingerprint density at radius 2 is 1.84 bits per heavy atom. The summed E-state index contributed by atoms with van der Waals surface area (Å²) in [5.41, 5.74) is 3.18. The fourth-order valence-corrected chi connectivity index (χ4v) is 3.85. The highest BCUT2D eigenvalue weighted by Gasteiger charge is 2.26. The van der Waals surface area contributed by atoms with Crippen LogP contribution >= 0.6 is 0 Å². The van der Waals surface area contributed by atoms with Crippen LogP contribution in [0.4, 0.5) is 14.5 Å². The summed E-state index contributed by atoms with van der Waals surface area (Å²) < 4.78 is 26.8. The first-order valence-corrected chi connectivity index (χ1v) is 10.3. The number of nitrogens with one attached hydrogen (secondary N) is 2. The molecular weight excluding hydrogens is 414 g/mol. The summed E-state index contributed by atoms with van der Waals surface area (Å²) in [4.78, 5) is 31.0. The van der Waals surface area contributed by atoms with E-state index in [1.54, 1.807) is 12.4 Å². The average molecular weight is 436 g/mol. The molecule has 0 fully saturated rings. The van der Waals surface area contributed by atoms with Gasteiger partial charge < -0.3 is 10.6 Å². The van der Waals surface area contributed by atoms with Gasteiger partial charge in [0.05, 0.1) is 11.7 Å². The van der Waals surface area contributed by atoms with Crippen molar-refractivity contribution in [1.82, 2.24) is 15.2 Å². The van der Waals surface area contributed by atoms with E-state index in [0.717, 1.165) is 30.7 Å². The van der Waals surface area contributed by atoms with Gasteiger partial charge in [-0.1, -0.05) is 30.3 Å². The van der Waals surface area contributed by atoms with Gasteiger partial charge in [0, 0.05) is 38.1 Å². The topological polar surface area (TPSA) is 74.3 Å². The molecule has 1 aliphatic heterocycles. The minimum Gasteiger partial charge on any atom is -0.346 e. The zero-order chi connectivity index (χ0) is 22.5. The van der Waals surface area contributed by atoms with Crippen LogP contribution in [0.2, 0.25) is 0 Å². The molecule has 1 aliphatic rings. The molecule has 32 heavy (non-hydrogen) atoms. The molecule has 1 aromatic heterocycles. The first-order chi connectivity index (χ1) is 15.5. The van der Waals surface area contributed by atoms with Crippen molar-refractivity contribution in [2.75, 3.05) is 18.4 Å². The van der Waals surface area contributed by atoms with Crippen LogP contribution in [0.1, 0.15) is 22.7 Å². The number of hydrogen-bond acceptors (Lipinski definition) is 4. The second-order valence-corrected chi connectivity index (χ2v) is 7.58. The molecule has 2 N–H and O–H groups in total. The van der Waals surface area contributed by atoms with Crippen molar-refractivity contribution in [1.29, 1.82) is 0 Å². The zero-order valence-electron chi connectivity index (χ0n) is 17.2. The maximum absolute atomic E-state index is 13.8.